The summed E-state index contributed by atoms with van der Waals surface area (Å²) >= 11 is 0. The lowest BCUT2D eigenvalue weighted by Crippen LogP contribution is -2.26. The maximum Gasteiger partial charge on any atom is 0.253 e. The third-order valence-electron chi connectivity index (χ3n) is 3.76. The van der Waals surface area contributed by atoms with E-state index in [1.54, 1.807) is 47.1 Å². The molecule has 24 heavy (non-hydrogen) atoms. The predicted octanol–water partition coefficient (Wildman–Crippen LogP) is 3.02. The maximum atomic E-state index is 12.6. The largest absolute Gasteiger partial charge is 0.337 e. The lowest BCUT2D eigenvalue weighted by Gasteiger charge is -2.19. The van der Waals surface area contributed by atoms with Gasteiger partial charge in [-0.25, -0.2) is 4.68 Å². The van der Waals surface area contributed by atoms with Crippen LogP contribution >= 0.6 is 0 Å². The van der Waals surface area contributed by atoms with Crippen LogP contribution in [0.5, 0.6) is 0 Å². The predicted molar refractivity (Wildman–Crippen MR) is 90.5 cm³/mol. The molecule has 0 fully saturated rings. The van der Waals surface area contributed by atoms with E-state index in [-0.39, 0.29) is 5.91 Å². The molecule has 2 aromatic carbocycles. The molecule has 0 spiro atoms. The molecule has 0 radical (unpaired) electrons. The van der Waals surface area contributed by atoms with Gasteiger partial charge in [0.1, 0.15) is 0 Å². The number of benzene rings is 2. The topological polar surface area (TPSA) is 61.9 Å². The minimum absolute atomic E-state index is 0.0882. The number of amides is 1. The summed E-state index contributed by atoms with van der Waals surface area (Å²) in [6.07, 6.45) is 3.60. The summed E-state index contributed by atoms with van der Waals surface area (Å²) in [6.45, 7) is 0.467. The second-order valence-corrected chi connectivity index (χ2v) is 5.43. The molecule has 0 unspecified atom stereocenters. The third-order valence-corrected chi connectivity index (χ3v) is 3.76. The van der Waals surface area contributed by atoms with Gasteiger partial charge in [-0.2, -0.15) is 10.4 Å². The number of carbonyl (C=O) groups excluding carboxylic acids is 1. The molecule has 1 amide bonds. The summed E-state index contributed by atoms with van der Waals surface area (Å²) < 4.78 is 1.79. The number of carbonyl (C=O) groups is 1. The van der Waals surface area contributed by atoms with Crippen LogP contribution in [0.1, 0.15) is 21.5 Å². The van der Waals surface area contributed by atoms with Crippen LogP contribution in [0.2, 0.25) is 0 Å². The monoisotopic (exact) mass is 316 g/mol. The van der Waals surface area contributed by atoms with Crippen molar-refractivity contribution in [2.24, 2.45) is 0 Å². The fourth-order valence-electron chi connectivity index (χ4n) is 2.51. The van der Waals surface area contributed by atoms with E-state index in [9.17, 15) is 4.79 Å². The van der Waals surface area contributed by atoms with Crippen molar-refractivity contribution in [2.45, 2.75) is 6.54 Å². The van der Waals surface area contributed by atoms with Crippen molar-refractivity contribution in [3.8, 4) is 11.8 Å². The van der Waals surface area contributed by atoms with Crippen LogP contribution in [0.4, 0.5) is 0 Å². The minimum Gasteiger partial charge on any atom is -0.337 e. The molecular formula is C19H16N4O. The van der Waals surface area contributed by atoms with Gasteiger partial charge in [0.2, 0.25) is 0 Å². The van der Waals surface area contributed by atoms with Crippen LogP contribution in [0.3, 0.4) is 0 Å². The quantitative estimate of drug-likeness (QED) is 0.743. The maximum absolute atomic E-state index is 12.6. The Kier molecular flexibility index (Phi) is 4.39. The molecule has 0 aliphatic heterocycles. The van der Waals surface area contributed by atoms with E-state index in [0.29, 0.717) is 17.7 Å². The average molecular weight is 316 g/mol. The first kappa shape index (κ1) is 15.5. The lowest BCUT2D eigenvalue weighted by atomic mass is 10.1. The second kappa shape index (κ2) is 6.80. The summed E-state index contributed by atoms with van der Waals surface area (Å²) in [5.41, 5.74) is 3.05. The fraction of sp³-hybridized carbons (Fsp3) is 0.105. The number of nitriles is 1. The van der Waals surface area contributed by atoms with Crippen LogP contribution < -0.4 is 0 Å². The van der Waals surface area contributed by atoms with Gasteiger partial charge in [-0.1, -0.05) is 18.2 Å². The highest BCUT2D eigenvalue weighted by Gasteiger charge is 2.14. The molecule has 3 aromatic rings. The molecule has 118 valence electrons. The summed E-state index contributed by atoms with van der Waals surface area (Å²) in [5.74, 6) is -0.0882. The molecule has 0 saturated carbocycles. The normalized spacial score (nSPS) is 10.2. The second-order valence-electron chi connectivity index (χ2n) is 5.43. The van der Waals surface area contributed by atoms with Crippen LogP contribution in [0.15, 0.2) is 67.0 Å². The van der Waals surface area contributed by atoms with Crippen LogP contribution in [0.25, 0.3) is 5.69 Å². The van der Waals surface area contributed by atoms with E-state index in [1.807, 2.05) is 36.5 Å². The van der Waals surface area contributed by atoms with Crippen LogP contribution in [-0.2, 0) is 6.54 Å². The molecule has 1 heterocycles. The van der Waals surface area contributed by atoms with E-state index in [4.69, 9.17) is 5.26 Å². The first-order valence-electron chi connectivity index (χ1n) is 7.52. The Morgan fingerprint density at radius 2 is 1.92 bits per heavy atom. The fourth-order valence-corrected chi connectivity index (χ4v) is 2.51. The number of rotatable bonds is 4. The van der Waals surface area contributed by atoms with Crippen molar-refractivity contribution >= 4 is 5.91 Å². The number of para-hydroxylation sites is 1. The number of aromatic nitrogens is 2. The molecule has 0 saturated heterocycles. The van der Waals surface area contributed by atoms with Crippen molar-refractivity contribution < 1.29 is 4.79 Å². The molecule has 0 aliphatic rings. The molecule has 5 nitrogen and oxygen atoms in total. The Labute approximate surface area is 140 Å². The van der Waals surface area contributed by atoms with Crippen molar-refractivity contribution in [3.63, 3.8) is 0 Å². The zero-order chi connectivity index (χ0) is 16.9. The van der Waals surface area contributed by atoms with E-state index in [1.165, 1.54) is 0 Å². The molecule has 5 heteroatoms. The SMILES string of the molecule is CN(Cc1ccccc1-n1cccn1)C(=O)c1ccc(C#N)cc1. The van der Waals surface area contributed by atoms with Crippen molar-refractivity contribution in [1.29, 1.82) is 5.26 Å². The Morgan fingerprint density at radius 3 is 2.58 bits per heavy atom. The molecule has 0 atom stereocenters. The zero-order valence-electron chi connectivity index (χ0n) is 13.3. The lowest BCUT2D eigenvalue weighted by molar-refractivity contribution is 0.0785. The van der Waals surface area contributed by atoms with Crippen LogP contribution in [-0.4, -0.2) is 27.6 Å². The smallest absolute Gasteiger partial charge is 0.253 e. The van der Waals surface area contributed by atoms with Gasteiger partial charge >= 0.3 is 0 Å². The van der Waals surface area contributed by atoms with Gasteiger partial charge in [-0.3, -0.25) is 4.79 Å². The van der Waals surface area contributed by atoms with Gasteiger partial charge in [0.25, 0.3) is 5.91 Å². The van der Waals surface area contributed by atoms with Gasteiger partial charge in [0.15, 0.2) is 0 Å². The Bertz CT molecular complexity index is 876. The number of hydrogen-bond donors (Lipinski definition) is 0. The van der Waals surface area contributed by atoms with E-state index in [0.717, 1.165) is 11.3 Å². The van der Waals surface area contributed by atoms with Crippen molar-refractivity contribution in [1.82, 2.24) is 14.7 Å². The summed E-state index contributed by atoms with van der Waals surface area (Å²) in [5, 5.41) is 13.1. The first-order valence-corrected chi connectivity index (χ1v) is 7.52. The number of hydrogen-bond acceptors (Lipinski definition) is 3. The van der Waals surface area contributed by atoms with Crippen molar-refractivity contribution in [3.05, 3.63) is 83.7 Å². The number of nitrogens with zero attached hydrogens (tertiary/aromatic N) is 4. The standard InChI is InChI=1S/C19H16N4O/c1-22(19(24)16-9-7-15(13-20)8-10-16)14-17-5-2-3-6-18(17)23-12-4-11-21-23/h2-12H,14H2,1H3. The summed E-state index contributed by atoms with van der Waals surface area (Å²) in [6, 6.07) is 18.4. The summed E-state index contributed by atoms with van der Waals surface area (Å²) in [4.78, 5) is 14.2. The highest BCUT2D eigenvalue weighted by atomic mass is 16.2. The minimum atomic E-state index is -0.0882. The molecular weight excluding hydrogens is 300 g/mol. The van der Waals surface area contributed by atoms with Gasteiger partial charge in [-0.15, -0.1) is 0 Å². The molecule has 3 rings (SSSR count). The van der Waals surface area contributed by atoms with Gasteiger partial charge in [0, 0.05) is 31.5 Å². The van der Waals surface area contributed by atoms with E-state index < -0.39 is 0 Å². The molecule has 0 N–H and O–H groups in total. The highest BCUT2D eigenvalue weighted by Crippen LogP contribution is 2.16. The Balaban J connectivity index is 1.81. The molecule has 0 bridgehead atoms. The summed E-state index contributed by atoms with van der Waals surface area (Å²) in [7, 11) is 1.76. The zero-order valence-corrected chi connectivity index (χ0v) is 13.3. The average Bonchev–Trinajstić information content (AvgIpc) is 3.16. The van der Waals surface area contributed by atoms with Gasteiger partial charge in [0.05, 0.1) is 17.3 Å². The van der Waals surface area contributed by atoms with E-state index in [2.05, 4.69) is 11.2 Å². The first-order chi connectivity index (χ1) is 11.7. The van der Waals surface area contributed by atoms with Gasteiger partial charge < -0.3 is 4.90 Å². The third kappa shape index (κ3) is 3.18. The molecule has 1 aromatic heterocycles. The molecule has 0 aliphatic carbocycles. The van der Waals surface area contributed by atoms with Crippen molar-refractivity contribution in [2.75, 3.05) is 7.05 Å². The Hall–Kier alpha value is -3.39. The van der Waals surface area contributed by atoms with Crippen LogP contribution in [0, 0.1) is 11.3 Å². The van der Waals surface area contributed by atoms with Gasteiger partial charge in [-0.05, 0) is 42.0 Å². The Morgan fingerprint density at radius 1 is 1.17 bits per heavy atom. The highest BCUT2D eigenvalue weighted by molar-refractivity contribution is 5.94. The van der Waals surface area contributed by atoms with E-state index >= 15 is 0 Å².